The lowest BCUT2D eigenvalue weighted by atomic mass is 10.0. The van der Waals surface area contributed by atoms with Crippen LogP contribution in [0.2, 0.25) is 0 Å². The molecule has 1 rings (SSSR count). The summed E-state index contributed by atoms with van der Waals surface area (Å²) in [4.78, 5) is 10.8. The van der Waals surface area contributed by atoms with Crippen LogP contribution in [-0.4, -0.2) is 16.2 Å². The molecule has 3 nitrogen and oxygen atoms in total. The van der Waals surface area contributed by atoms with Gasteiger partial charge in [0.15, 0.2) is 0 Å². The SMILES string of the molecule is CCC(=CC(O)c1ccc(C)cc1)C(=O)O. The second kappa shape index (κ2) is 5.47. The molecule has 0 saturated carbocycles. The third-order valence-corrected chi connectivity index (χ3v) is 2.43. The fourth-order valence-corrected chi connectivity index (χ4v) is 1.39. The Morgan fingerprint density at radius 3 is 2.38 bits per heavy atom. The minimum absolute atomic E-state index is 0.230. The van der Waals surface area contributed by atoms with Crippen molar-refractivity contribution >= 4 is 5.97 Å². The molecule has 0 aromatic heterocycles. The summed E-state index contributed by atoms with van der Waals surface area (Å²) in [6, 6.07) is 7.37. The van der Waals surface area contributed by atoms with Gasteiger partial charge in [-0.1, -0.05) is 36.8 Å². The number of benzene rings is 1. The predicted octanol–water partition coefficient (Wildman–Crippen LogP) is 2.45. The number of hydrogen-bond donors (Lipinski definition) is 2. The quantitative estimate of drug-likeness (QED) is 0.766. The number of aliphatic hydroxyl groups excluding tert-OH is 1. The van der Waals surface area contributed by atoms with Crippen LogP contribution in [-0.2, 0) is 4.79 Å². The lowest BCUT2D eigenvalue weighted by molar-refractivity contribution is -0.132. The van der Waals surface area contributed by atoms with Crippen LogP contribution in [0.15, 0.2) is 35.9 Å². The van der Waals surface area contributed by atoms with Crippen LogP contribution in [0.1, 0.15) is 30.6 Å². The maximum Gasteiger partial charge on any atom is 0.331 e. The second-order valence-corrected chi connectivity index (χ2v) is 3.71. The van der Waals surface area contributed by atoms with Crippen LogP contribution in [0.5, 0.6) is 0 Å². The van der Waals surface area contributed by atoms with Gasteiger partial charge in [-0.25, -0.2) is 4.79 Å². The number of hydrogen-bond acceptors (Lipinski definition) is 2. The number of rotatable bonds is 4. The summed E-state index contributed by atoms with van der Waals surface area (Å²) >= 11 is 0. The van der Waals surface area contributed by atoms with Crippen LogP contribution >= 0.6 is 0 Å². The summed E-state index contributed by atoms with van der Waals surface area (Å²) in [6.07, 6.45) is 0.928. The molecular weight excluding hydrogens is 204 g/mol. The van der Waals surface area contributed by atoms with Crippen molar-refractivity contribution in [2.24, 2.45) is 0 Å². The maximum absolute atomic E-state index is 10.8. The molecule has 0 aliphatic rings. The van der Waals surface area contributed by atoms with Gasteiger partial charge in [0.05, 0.1) is 6.10 Å². The number of carboxylic acid groups (broad SMARTS) is 1. The predicted molar refractivity (Wildman–Crippen MR) is 62.1 cm³/mol. The Hall–Kier alpha value is -1.61. The van der Waals surface area contributed by atoms with Gasteiger partial charge in [-0.15, -0.1) is 0 Å². The molecule has 3 heteroatoms. The topological polar surface area (TPSA) is 57.5 Å². The Morgan fingerprint density at radius 1 is 1.38 bits per heavy atom. The zero-order chi connectivity index (χ0) is 12.1. The second-order valence-electron chi connectivity index (χ2n) is 3.71. The van der Waals surface area contributed by atoms with E-state index in [1.54, 1.807) is 19.1 Å². The van der Waals surface area contributed by atoms with Gasteiger partial charge in [-0.05, 0) is 25.0 Å². The smallest absolute Gasteiger partial charge is 0.331 e. The Balaban J connectivity index is 2.89. The largest absolute Gasteiger partial charge is 0.478 e. The zero-order valence-electron chi connectivity index (χ0n) is 9.47. The van der Waals surface area contributed by atoms with Gasteiger partial charge in [-0.3, -0.25) is 0 Å². The van der Waals surface area contributed by atoms with Crippen molar-refractivity contribution < 1.29 is 15.0 Å². The molecule has 0 amide bonds. The molecule has 1 unspecified atom stereocenters. The lowest BCUT2D eigenvalue weighted by Gasteiger charge is -2.08. The van der Waals surface area contributed by atoms with Crippen molar-refractivity contribution in [3.8, 4) is 0 Å². The van der Waals surface area contributed by atoms with Gasteiger partial charge in [0.25, 0.3) is 0 Å². The molecule has 0 spiro atoms. The minimum Gasteiger partial charge on any atom is -0.478 e. The van der Waals surface area contributed by atoms with Gasteiger partial charge in [0.2, 0.25) is 0 Å². The Bertz CT molecular complexity index is 390. The van der Waals surface area contributed by atoms with Gasteiger partial charge < -0.3 is 10.2 Å². The third-order valence-electron chi connectivity index (χ3n) is 2.43. The number of aliphatic carboxylic acids is 1. The van der Waals surface area contributed by atoms with Gasteiger partial charge in [-0.2, -0.15) is 0 Å². The third kappa shape index (κ3) is 3.21. The Kier molecular flexibility index (Phi) is 4.26. The highest BCUT2D eigenvalue weighted by Gasteiger charge is 2.09. The highest BCUT2D eigenvalue weighted by Crippen LogP contribution is 2.17. The summed E-state index contributed by atoms with van der Waals surface area (Å²) in [5.41, 5.74) is 2.04. The molecule has 86 valence electrons. The van der Waals surface area contributed by atoms with E-state index in [1.165, 1.54) is 6.08 Å². The fraction of sp³-hybridized carbons (Fsp3) is 0.308. The van der Waals surface area contributed by atoms with Crippen LogP contribution in [0, 0.1) is 6.92 Å². The first kappa shape index (κ1) is 12.5. The van der Waals surface area contributed by atoms with E-state index in [-0.39, 0.29) is 5.57 Å². The van der Waals surface area contributed by atoms with Crippen molar-refractivity contribution in [2.75, 3.05) is 0 Å². The highest BCUT2D eigenvalue weighted by atomic mass is 16.4. The Labute approximate surface area is 95.0 Å². The molecule has 1 atom stereocenters. The van der Waals surface area contributed by atoms with E-state index >= 15 is 0 Å². The summed E-state index contributed by atoms with van der Waals surface area (Å²) in [7, 11) is 0. The van der Waals surface area contributed by atoms with Crippen molar-refractivity contribution in [1.82, 2.24) is 0 Å². The normalized spacial score (nSPS) is 13.6. The molecule has 0 aliphatic carbocycles. The summed E-state index contributed by atoms with van der Waals surface area (Å²) in [5, 5.41) is 18.7. The van der Waals surface area contributed by atoms with Crippen LogP contribution in [0.25, 0.3) is 0 Å². The van der Waals surface area contributed by atoms with E-state index in [2.05, 4.69) is 0 Å². The van der Waals surface area contributed by atoms with E-state index in [0.29, 0.717) is 12.0 Å². The van der Waals surface area contributed by atoms with E-state index in [0.717, 1.165) is 5.56 Å². The molecule has 0 radical (unpaired) electrons. The first-order valence-corrected chi connectivity index (χ1v) is 5.23. The molecule has 0 heterocycles. The average molecular weight is 220 g/mol. The van der Waals surface area contributed by atoms with Gasteiger partial charge in [0.1, 0.15) is 0 Å². The number of carboxylic acids is 1. The van der Waals surface area contributed by atoms with E-state index in [9.17, 15) is 9.90 Å². The van der Waals surface area contributed by atoms with E-state index < -0.39 is 12.1 Å². The number of aryl methyl sites for hydroxylation is 1. The monoisotopic (exact) mass is 220 g/mol. The lowest BCUT2D eigenvalue weighted by Crippen LogP contribution is -2.03. The van der Waals surface area contributed by atoms with Crippen molar-refractivity contribution in [3.05, 3.63) is 47.0 Å². The van der Waals surface area contributed by atoms with Crippen LogP contribution in [0.3, 0.4) is 0 Å². The number of carbonyl (C=O) groups is 1. The minimum atomic E-state index is -0.978. The zero-order valence-corrected chi connectivity index (χ0v) is 9.47. The maximum atomic E-state index is 10.8. The first-order valence-electron chi connectivity index (χ1n) is 5.23. The molecule has 16 heavy (non-hydrogen) atoms. The first-order chi connectivity index (χ1) is 7.54. The average Bonchev–Trinajstić information content (AvgIpc) is 2.26. The van der Waals surface area contributed by atoms with Gasteiger partial charge >= 0.3 is 5.97 Å². The van der Waals surface area contributed by atoms with Crippen LogP contribution in [0.4, 0.5) is 0 Å². The fourth-order valence-electron chi connectivity index (χ4n) is 1.39. The highest BCUT2D eigenvalue weighted by molar-refractivity contribution is 5.86. The molecule has 2 N–H and O–H groups in total. The van der Waals surface area contributed by atoms with Crippen molar-refractivity contribution in [3.63, 3.8) is 0 Å². The molecule has 1 aromatic rings. The summed E-state index contributed by atoms with van der Waals surface area (Å²) in [6.45, 7) is 3.71. The summed E-state index contributed by atoms with van der Waals surface area (Å²) < 4.78 is 0. The molecule has 0 bridgehead atoms. The molecule has 0 aliphatic heterocycles. The van der Waals surface area contributed by atoms with E-state index in [4.69, 9.17) is 5.11 Å². The van der Waals surface area contributed by atoms with E-state index in [1.807, 2.05) is 19.1 Å². The summed E-state index contributed by atoms with van der Waals surface area (Å²) in [5.74, 6) is -0.978. The molecule has 0 saturated heterocycles. The Morgan fingerprint density at radius 2 is 1.94 bits per heavy atom. The van der Waals surface area contributed by atoms with Crippen LogP contribution < -0.4 is 0 Å². The van der Waals surface area contributed by atoms with Crippen molar-refractivity contribution in [1.29, 1.82) is 0 Å². The van der Waals surface area contributed by atoms with Gasteiger partial charge in [0, 0.05) is 5.57 Å². The number of aliphatic hydroxyl groups is 1. The molecular formula is C13H16O3. The molecule has 1 aromatic carbocycles. The standard InChI is InChI=1S/C13H16O3/c1-3-10(13(15)16)8-12(14)11-6-4-9(2)5-7-11/h4-8,12,14H,3H2,1-2H3,(H,15,16). The molecule has 0 fully saturated rings. The van der Waals surface area contributed by atoms with Crippen molar-refractivity contribution in [2.45, 2.75) is 26.4 Å².